The number of aliphatic hydroxyl groups excluding tert-OH is 1. The molecular formula is C19H24N4O3. The molecule has 1 aliphatic heterocycles. The summed E-state index contributed by atoms with van der Waals surface area (Å²) in [4.78, 5) is 17.2. The molecule has 7 heteroatoms. The van der Waals surface area contributed by atoms with Gasteiger partial charge in [0.2, 0.25) is 5.82 Å². The molecule has 2 atom stereocenters. The van der Waals surface area contributed by atoms with Crippen molar-refractivity contribution < 1.29 is 14.6 Å². The maximum atomic E-state index is 12.7. The molecule has 0 radical (unpaired) electrons. The smallest absolute Gasteiger partial charge is 0.291 e. The predicted molar refractivity (Wildman–Crippen MR) is 95.1 cm³/mol. The Morgan fingerprint density at radius 1 is 1.35 bits per heavy atom. The number of amides is 1. The summed E-state index contributed by atoms with van der Waals surface area (Å²) in [6.07, 6.45) is 2.42. The highest BCUT2D eigenvalue weighted by Gasteiger charge is 2.55. The number of nitrogens with zero attached hydrogens (tertiary/aromatic N) is 3. The third kappa shape index (κ3) is 2.81. The number of aryl methyl sites for hydroxylation is 1. The van der Waals surface area contributed by atoms with Crippen molar-refractivity contribution in [3.05, 3.63) is 42.0 Å². The molecule has 2 aliphatic rings. The van der Waals surface area contributed by atoms with Gasteiger partial charge in [-0.15, -0.1) is 5.10 Å². The average Bonchev–Trinajstić information content (AvgIpc) is 3.13. The maximum absolute atomic E-state index is 12.7. The third-order valence-corrected chi connectivity index (χ3v) is 5.74. The van der Waals surface area contributed by atoms with Gasteiger partial charge in [-0.05, 0) is 31.4 Å². The Morgan fingerprint density at radius 2 is 2.08 bits per heavy atom. The van der Waals surface area contributed by atoms with Crippen LogP contribution in [0.15, 0.2) is 30.3 Å². The molecule has 138 valence electrons. The minimum Gasteiger partial charge on any atom is -0.392 e. The van der Waals surface area contributed by atoms with Crippen LogP contribution < -0.4 is 5.32 Å². The summed E-state index contributed by atoms with van der Waals surface area (Å²) >= 11 is 0. The van der Waals surface area contributed by atoms with Gasteiger partial charge in [-0.2, -0.15) is 0 Å². The van der Waals surface area contributed by atoms with E-state index in [9.17, 15) is 9.90 Å². The Balaban J connectivity index is 1.53. The number of ether oxygens (including phenoxy) is 1. The third-order valence-electron chi connectivity index (χ3n) is 5.74. The van der Waals surface area contributed by atoms with Gasteiger partial charge >= 0.3 is 0 Å². The number of hydrogen-bond acceptors (Lipinski definition) is 5. The standard InChI is InChI=1S/C19H24N4O3/c1-2-16-21-17(22-23(16)13-6-4-3-5-7-13)18(25)20-14-12-15(24)19(14)8-10-26-11-9-19/h3-7,14-15,24H,2,8-12H2,1H3,(H,20,25)/t14-,15-/m1/s1. The van der Waals surface area contributed by atoms with Gasteiger partial charge in [0.1, 0.15) is 5.82 Å². The highest BCUT2D eigenvalue weighted by Crippen LogP contribution is 2.48. The number of hydrogen-bond donors (Lipinski definition) is 2. The second-order valence-corrected chi connectivity index (χ2v) is 7.08. The Morgan fingerprint density at radius 3 is 2.73 bits per heavy atom. The fourth-order valence-corrected chi connectivity index (χ4v) is 4.07. The zero-order valence-corrected chi connectivity index (χ0v) is 14.9. The summed E-state index contributed by atoms with van der Waals surface area (Å²) in [5.74, 6) is 0.641. The predicted octanol–water partition coefficient (Wildman–Crippen LogP) is 1.49. The summed E-state index contributed by atoms with van der Waals surface area (Å²) in [5, 5.41) is 17.7. The van der Waals surface area contributed by atoms with Crippen molar-refractivity contribution in [3.8, 4) is 5.69 Å². The SMILES string of the molecule is CCc1nc(C(=O)N[C@@H]2C[C@@H](O)C23CCOCC3)nn1-c1ccccc1. The lowest BCUT2D eigenvalue weighted by molar-refractivity contribution is -0.145. The Bertz CT molecular complexity index is 783. The van der Waals surface area contributed by atoms with Gasteiger partial charge in [-0.3, -0.25) is 4.79 Å². The van der Waals surface area contributed by atoms with E-state index in [0.717, 1.165) is 24.4 Å². The minimum absolute atomic E-state index is 0.0531. The van der Waals surface area contributed by atoms with E-state index in [1.807, 2.05) is 37.3 Å². The first kappa shape index (κ1) is 17.2. The summed E-state index contributed by atoms with van der Waals surface area (Å²) in [7, 11) is 0. The molecule has 7 nitrogen and oxygen atoms in total. The number of carbonyl (C=O) groups excluding carboxylic acids is 1. The van der Waals surface area contributed by atoms with Crippen molar-refractivity contribution in [2.75, 3.05) is 13.2 Å². The van der Waals surface area contributed by atoms with Gasteiger partial charge in [0.05, 0.1) is 11.8 Å². The van der Waals surface area contributed by atoms with E-state index in [2.05, 4.69) is 15.4 Å². The number of para-hydroxylation sites is 1. The number of rotatable bonds is 4. The second kappa shape index (κ2) is 6.81. The van der Waals surface area contributed by atoms with E-state index in [0.29, 0.717) is 26.1 Å². The molecule has 1 aromatic heterocycles. The van der Waals surface area contributed by atoms with Crippen molar-refractivity contribution in [1.29, 1.82) is 0 Å². The molecule has 1 aliphatic carbocycles. The van der Waals surface area contributed by atoms with Crippen molar-refractivity contribution in [2.24, 2.45) is 5.41 Å². The molecule has 1 spiro atoms. The van der Waals surface area contributed by atoms with E-state index >= 15 is 0 Å². The molecule has 1 saturated heterocycles. The van der Waals surface area contributed by atoms with Crippen LogP contribution in [-0.4, -0.2) is 51.1 Å². The summed E-state index contributed by atoms with van der Waals surface area (Å²) in [6.45, 7) is 3.25. The Kier molecular flexibility index (Phi) is 4.50. The number of carbonyl (C=O) groups is 1. The molecule has 0 unspecified atom stereocenters. The Labute approximate surface area is 152 Å². The van der Waals surface area contributed by atoms with Gasteiger partial charge in [-0.25, -0.2) is 9.67 Å². The summed E-state index contributed by atoms with van der Waals surface area (Å²) < 4.78 is 7.13. The normalized spacial score (nSPS) is 24.2. The van der Waals surface area contributed by atoms with E-state index in [4.69, 9.17) is 4.74 Å². The number of nitrogens with one attached hydrogen (secondary N) is 1. The van der Waals surface area contributed by atoms with Crippen LogP contribution >= 0.6 is 0 Å². The molecule has 1 amide bonds. The number of benzene rings is 1. The highest BCUT2D eigenvalue weighted by atomic mass is 16.5. The molecule has 1 saturated carbocycles. The first-order chi connectivity index (χ1) is 12.6. The van der Waals surface area contributed by atoms with E-state index in [1.165, 1.54) is 0 Å². The lowest BCUT2D eigenvalue weighted by Gasteiger charge is -2.55. The maximum Gasteiger partial charge on any atom is 0.291 e. The first-order valence-corrected chi connectivity index (χ1v) is 9.22. The van der Waals surface area contributed by atoms with Crippen LogP contribution in [-0.2, 0) is 11.2 Å². The minimum atomic E-state index is -0.377. The first-order valence-electron chi connectivity index (χ1n) is 9.22. The van der Waals surface area contributed by atoms with Crippen LogP contribution in [0.3, 0.4) is 0 Å². The molecule has 1 aromatic carbocycles. The van der Waals surface area contributed by atoms with Crippen molar-refractivity contribution in [3.63, 3.8) is 0 Å². The molecular weight excluding hydrogens is 332 g/mol. The molecule has 0 bridgehead atoms. The number of aromatic nitrogens is 3. The van der Waals surface area contributed by atoms with Crippen LogP contribution in [0.5, 0.6) is 0 Å². The van der Waals surface area contributed by atoms with Crippen LogP contribution in [0, 0.1) is 5.41 Å². The summed E-state index contributed by atoms with van der Waals surface area (Å²) in [5.41, 5.74) is 0.625. The molecule has 2 heterocycles. The van der Waals surface area contributed by atoms with Crippen molar-refractivity contribution >= 4 is 5.91 Å². The Hall–Kier alpha value is -2.25. The van der Waals surface area contributed by atoms with Crippen LogP contribution in [0.1, 0.15) is 42.6 Å². The van der Waals surface area contributed by atoms with Gasteiger partial charge < -0.3 is 15.2 Å². The van der Waals surface area contributed by atoms with E-state index in [1.54, 1.807) is 4.68 Å². The molecule has 2 N–H and O–H groups in total. The van der Waals surface area contributed by atoms with Gasteiger partial charge in [0, 0.05) is 31.1 Å². The second-order valence-electron chi connectivity index (χ2n) is 7.08. The average molecular weight is 356 g/mol. The molecule has 4 rings (SSSR count). The van der Waals surface area contributed by atoms with E-state index in [-0.39, 0.29) is 29.3 Å². The fraction of sp³-hybridized carbons (Fsp3) is 0.526. The lowest BCUT2D eigenvalue weighted by atomic mass is 9.58. The van der Waals surface area contributed by atoms with Crippen LogP contribution in [0.25, 0.3) is 5.69 Å². The number of aliphatic hydroxyl groups is 1. The highest BCUT2D eigenvalue weighted by molar-refractivity contribution is 5.90. The topological polar surface area (TPSA) is 89.3 Å². The quantitative estimate of drug-likeness (QED) is 0.866. The largest absolute Gasteiger partial charge is 0.392 e. The zero-order valence-electron chi connectivity index (χ0n) is 14.9. The zero-order chi connectivity index (χ0) is 18.1. The van der Waals surface area contributed by atoms with Crippen molar-refractivity contribution in [2.45, 2.75) is 44.8 Å². The van der Waals surface area contributed by atoms with Crippen LogP contribution in [0.4, 0.5) is 0 Å². The molecule has 2 fully saturated rings. The summed E-state index contributed by atoms with van der Waals surface area (Å²) in [6, 6.07) is 9.63. The molecule has 26 heavy (non-hydrogen) atoms. The lowest BCUT2D eigenvalue weighted by Crippen LogP contribution is -2.65. The van der Waals surface area contributed by atoms with Crippen molar-refractivity contribution in [1.82, 2.24) is 20.1 Å². The van der Waals surface area contributed by atoms with Crippen LogP contribution in [0.2, 0.25) is 0 Å². The van der Waals surface area contributed by atoms with Gasteiger partial charge in [0.25, 0.3) is 5.91 Å². The molecule has 2 aromatic rings. The van der Waals surface area contributed by atoms with E-state index < -0.39 is 0 Å². The van der Waals surface area contributed by atoms with Gasteiger partial charge in [-0.1, -0.05) is 25.1 Å². The monoisotopic (exact) mass is 356 g/mol. The fourth-order valence-electron chi connectivity index (χ4n) is 4.07. The van der Waals surface area contributed by atoms with Gasteiger partial charge in [0.15, 0.2) is 0 Å².